The molecule has 0 aromatic carbocycles. The Balaban J connectivity index is 0.000000147. The second-order valence-corrected chi connectivity index (χ2v) is 8.27. The molecular weight excluding hydrogens is 452 g/mol. The summed E-state index contributed by atoms with van der Waals surface area (Å²) in [6.07, 6.45) is 10.2. The van der Waals surface area contributed by atoms with Crippen LogP contribution in [0.15, 0.2) is 12.4 Å². The summed E-state index contributed by atoms with van der Waals surface area (Å²) >= 11 is 0. The highest BCUT2D eigenvalue weighted by molar-refractivity contribution is 5.87. The van der Waals surface area contributed by atoms with Crippen LogP contribution in [0.5, 0.6) is 11.8 Å². The average Bonchev–Trinajstić information content (AvgIpc) is 3.66. The Morgan fingerprint density at radius 1 is 0.886 bits per heavy atom. The van der Waals surface area contributed by atoms with Gasteiger partial charge in [-0.05, 0) is 45.4 Å². The first-order valence-electron chi connectivity index (χ1n) is 11.6. The minimum absolute atomic E-state index is 0.289. The Hall–Kier alpha value is -4.02. The average molecular weight is 479 g/mol. The molecule has 2 aliphatic rings. The van der Waals surface area contributed by atoms with Crippen LogP contribution in [-0.2, 0) is 30.4 Å². The number of aryl methyl sites for hydroxylation is 2. The number of hydrogen-bond acceptors (Lipinski definition) is 9. The fourth-order valence-electron chi connectivity index (χ4n) is 4.78. The molecule has 11 nitrogen and oxygen atoms in total. The van der Waals surface area contributed by atoms with Crippen molar-refractivity contribution in [3.8, 4) is 11.8 Å². The van der Waals surface area contributed by atoms with Crippen LogP contribution in [0.3, 0.4) is 0 Å². The number of rotatable bonds is 5. The molecule has 0 bridgehead atoms. The van der Waals surface area contributed by atoms with E-state index in [1.54, 1.807) is 33.5 Å². The van der Waals surface area contributed by atoms with E-state index in [-0.39, 0.29) is 5.69 Å². The van der Waals surface area contributed by atoms with Crippen molar-refractivity contribution in [3.63, 3.8) is 0 Å². The monoisotopic (exact) mass is 478 g/mol. The Morgan fingerprint density at radius 3 is 2.00 bits per heavy atom. The first kappa shape index (κ1) is 22.8. The van der Waals surface area contributed by atoms with Crippen LogP contribution in [0, 0.1) is 0 Å². The van der Waals surface area contributed by atoms with Gasteiger partial charge < -0.3 is 14.2 Å². The van der Waals surface area contributed by atoms with E-state index in [1.807, 2.05) is 8.80 Å². The number of aldehydes is 1. The largest absolute Gasteiger partial charge is 0.481 e. The van der Waals surface area contributed by atoms with E-state index in [9.17, 15) is 9.59 Å². The van der Waals surface area contributed by atoms with Gasteiger partial charge in [0.05, 0.1) is 20.8 Å². The molecule has 0 spiro atoms. The maximum atomic E-state index is 11.7. The molecule has 6 rings (SSSR count). The normalized spacial score (nSPS) is 13.8. The van der Waals surface area contributed by atoms with Crippen LogP contribution in [-0.4, -0.2) is 61.8 Å². The molecule has 0 saturated carbocycles. The summed E-state index contributed by atoms with van der Waals surface area (Å²) in [7, 11) is 3.22. The van der Waals surface area contributed by atoms with E-state index in [1.165, 1.54) is 5.69 Å². The van der Waals surface area contributed by atoms with Gasteiger partial charge in [0.2, 0.25) is 23.3 Å². The van der Waals surface area contributed by atoms with Crippen molar-refractivity contribution in [1.82, 2.24) is 28.7 Å². The summed E-state index contributed by atoms with van der Waals surface area (Å²) in [5, 5.41) is 0. The molecule has 0 amide bonds. The standard InChI is InChI=1S/C13H15N3O3.C11H11N3O2/c1-3-19-12(17)9-7-16-10-6-4-5-8(10)11(18-2)15-13(16)14-9;1-16-10-8-3-2-4-9(8)14-5-7(6-15)12-11(14)13-10/h7H,3-6H2,1-2H3;5-6H,2-4H2,1H3. The molecule has 0 saturated heterocycles. The lowest BCUT2D eigenvalue weighted by Gasteiger charge is -2.07. The zero-order valence-corrected chi connectivity index (χ0v) is 19.9. The fraction of sp³-hybridized carbons (Fsp3) is 0.417. The molecule has 182 valence electrons. The van der Waals surface area contributed by atoms with Crippen molar-refractivity contribution >= 4 is 23.8 Å². The van der Waals surface area contributed by atoms with E-state index >= 15 is 0 Å². The molecule has 0 fully saturated rings. The number of carbonyl (C=O) groups is 2. The van der Waals surface area contributed by atoms with Crippen molar-refractivity contribution in [2.45, 2.75) is 45.4 Å². The summed E-state index contributed by atoms with van der Waals surface area (Å²) in [4.78, 5) is 39.4. The summed E-state index contributed by atoms with van der Waals surface area (Å²) < 4.78 is 19.3. The molecule has 0 aliphatic heterocycles. The van der Waals surface area contributed by atoms with Crippen LogP contribution < -0.4 is 9.47 Å². The molecule has 4 aromatic rings. The zero-order chi connectivity index (χ0) is 24.5. The van der Waals surface area contributed by atoms with E-state index in [0.29, 0.717) is 35.6 Å². The fourth-order valence-corrected chi connectivity index (χ4v) is 4.78. The minimum atomic E-state index is -0.418. The summed E-state index contributed by atoms with van der Waals surface area (Å²) in [5.74, 6) is 1.86. The van der Waals surface area contributed by atoms with Gasteiger partial charge in [0, 0.05) is 34.9 Å². The zero-order valence-electron chi connectivity index (χ0n) is 19.9. The molecule has 0 N–H and O–H groups in total. The van der Waals surface area contributed by atoms with Crippen molar-refractivity contribution in [1.29, 1.82) is 0 Å². The second-order valence-electron chi connectivity index (χ2n) is 8.27. The van der Waals surface area contributed by atoms with Crippen molar-refractivity contribution in [3.05, 3.63) is 46.3 Å². The lowest BCUT2D eigenvalue weighted by atomic mass is 10.2. The molecule has 35 heavy (non-hydrogen) atoms. The molecule has 11 heteroatoms. The number of esters is 1. The molecule has 0 unspecified atom stereocenters. The highest BCUT2D eigenvalue weighted by Crippen LogP contribution is 2.31. The van der Waals surface area contributed by atoms with Gasteiger partial charge in [0.1, 0.15) is 5.69 Å². The van der Waals surface area contributed by atoms with Gasteiger partial charge in [-0.25, -0.2) is 14.8 Å². The quantitative estimate of drug-likeness (QED) is 0.314. The maximum absolute atomic E-state index is 11.7. The Bertz CT molecular complexity index is 1440. The SMILES string of the molecule is CCOC(=O)c1cn2c3c(c(OC)nc2n1)CCC3.COc1nc2nc(C=O)cn2c2c1CCC2. The number of nitrogens with zero attached hydrogens (tertiary/aromatic N) is 6. The summed E-state index contributed by atoms with van der Waals surface area (Å²) in [6.45, 7) is 2.11. The number of hydrogen-bond donors (Lipinski definition) is 0. The van der Waals surface area contributed by atoms with Crippen molar-refractivity contribution in [2.24, 2.45) is 0 Å². The minimum Gasteiger partial charge on any atom is -0.481 e. The smallest absolute Gasteiger partial charge is 0.358 e. The van der Waals surface area contributed by atoms with Gasteiger partial charge in [-0.2, -0.15) is 9.97 Å². The third-order valence-corrected chi connectivity index (χ3v) is 6.26. The number of imidazole rings is 2. The lowest BCUT2D eigenvalue weighted by Crippen LogP contribution is -2.04. The van der Waals surface area contributed by atoms with Crippen LogP contribution in [0.1, 0.15) is 63.3 Å². The van der Waals surface area contributed by atoms with Crippen molar-refractivity contribution in [2.75, 3.05) is 20.8 Å². The van der Waals surface area contributed by atoms with Crippen molar-refractivity contribution < 1.29 is 23.8 Å². The van der Waals surface area contributed by atoms with Crippen LogP contribution in [0.4, 0.5) is 0 Å². The van der Waals surface area contributed by atoms with E-state index < -0.39 is 5.97 Å². The molecule has 0 atom stereocenters. The van der Waals surface area contributed by atoms with E-state index in [0.717, 1.165) is 61.6 Å². The maximum Gasteiger partial charge on any atom is 0.358 e. The van der Waals surface area contributed by atoms with Gasteiger partial charge in [0.25, 0.3) is 0 Å². The summed E-state index contributed by atoms with van der Waals surface area (Å²) in [6, 6.07) is 0. The molecule has 4 heterocycles. The van der Waals surface area contributed by atoms with Crippen LogP contribution in [0.2, 0.25) is 0 Å². The molecule has 0 radical (unpaired) electrons. The second kappa shape index (κ2) is 9.32. The first-order chi connectivity index (χ1) is 17.1. The van der Waals surface area contributed by atoms with Gasteiger partial charge >= 0.3 is 5.97 Å². The lowest BCUT2D eigenvalue weighted by molar-refractivity contribution is 0.0520. The summed E-state index contributed by atoms with van der Waals surface area (Å²) in [5.41, 5.74) is 5.26. The highest BCUT2D eigenvalue weighted by Gasteiger charge is 2.24. The Morgan fingerprint density at radius 2 is 1.46 bits per heavy atom. The first-order valence-corrected chi connectivity index (χ1v) is 11.6. The number of methoxy groups -OCH3 is 2. The Kier molecular flexibility index (Phi) is 6.06. The highest BCUT2D eigenvalue weighted by atomic mass is 16.5. The Labute approximate surface area is 201 Å². The topological polar surface area (TPSA) is 122 Å². The van der Waals surface area contributed by atoms with Gasteiger partial charge in [-0.15, -0.1) is 0 Å². The van der Waals surface area contributed by atoms with Gasteiger partial charge in [-0.1, -0.05) is 0 Å². The molecule has 2 aliphatic carbocycles. The predicted molar refractivity (Wildman–Crippen MR) is 124 cm³/mol. The van der Waals surface area contributed by atoms with Gasteiger partial charge in [-0.3, -0.25) is 13.6 Å². The molecular formula is C24H26N6O5. The third kappa shape index (κ3) is 3.96. The number of ether oxygens (including phenoxy) is 3. The van der Waals surface area contributed by atoms with E-state index in [4.69, 9.17) is 14.2 Å². The molecule has 4 aromatic heterocycles. The third-order valence-electron chi connectivity index (χ3n) is 6.26. The van der Waals surface area contributed by atoms with Gasteiger partial charge in [0.15, 0.2) is 12.0 Å². The number of fused-ring (bicyclic) bond motifs is 6. The van der Waals surface area contributed by atoms with Crippen LogP contribution >= 0.6 is 0 Å². The number of carbonyl (C=O) groups excluding carboxylic acids is 2. The number of aromatic nitrogens is 6. The van der Waals surface area contributed by atoms with Crippen LogP contribution in [0.25, 0.3) is 11.6 Å². The van der Waals surface area contributed by atoms with E-state index in [2.05, 4.69) is 19.9 Å². The predicted octanol–water partition coefficient (Wildman–Crippen LogP) is 2.44.